The van der Waals surface area contributed by atoms with Crippen LogP contribution in [-0.4, -0.2) is 0 Å². The number of benzene rings is 2. The molecule has 0 atom stereocenters. The summed E-state index contributed by atoms with van der Waals surface area (Å²) in [5.41, 5.74) is 1.48. The molecule has 0 aliphatic heterocycles. The molecule has 1 N–H and O–H groups in total. The Morgan fingerprint density at radius 2 is 1.53 bits per heavy atom. The van der Waals surface area contributed by atoms with Gasteiger partial charge in [0, 0.05) is 22.3 Å². The van der Waals surface area contributed by atoms with Crippen molar-refractivity contribution in [2.45, 2.75) is 6.54 Å². The van der Waals surface area contributed by atoms with Crippen LogP contribution >= 0.6 is 46.4 Å². The molecule has 1 nitrogen and oxygen atoms in total. The van der Waals surface area contributed by atoms with E-state index in [9.17, 15) is 4.39 Å². The van der Waals surface area contributed by atoms with E-state index in [4.69, 9.17) is 46.4 Å². The van der Waals surface area contributed by atoms with Gasteiger partial charge < -0.3 is 5.32 Å². The molecule has 0 aromatic heterocycles. The van der Waals surface area contributed by atoms with Crippen molar-refractivity contribution in [1.82, 2.24) is 0 Å². The van der Waals surface area contributed by atoms with E-state index in [1.54, 1.807) is 12.1 Å². The average Bonchev–Trinajstić information content (AvgIpc) is 2.34. The SMILES string of the molecule is Fc1c(Cl)cc(NCc2ccc(Cl)cc2Cl)cc1Cl. The van der Waals surface area contributed by atoms with Gasteiger partial charge in [0.05, 0.1) is 10.0 Å². The summed E-state index contributed by atoms with van der Waals surface area (Å²) in [5.74, 6) is -0.626. The second kappa shape index (κ2) is 6.19. The number of rotatable bonds is 3. The van der Waals surface area contributed by atoms with Crippen LogP contribution in [-0.2, 0) is 6.54 Å². The van der Waals surface area contributed by atoms with E-state index in [-0.39, 0.29) is 10.0 Å². The average molecular weight is 339 g/mol. The molecular formula is C13H8Cl4FN. The highest BCUT2D eigenvalue weighted by Crippen LogP contribution is 2.28. The van der Waals surface area contributed by atoms with Crippen molar-refractivity contribution in [1.29, 1.82) is 0 Å². The van der Waals surface area contributed by atoms with Crippen LogP contribution < -0.4 is 5.32 Å². The predicted molar refractivity (Wildman–Crippen MR) is 80.2 cm³/mol. The summed E-state index contributed by atoms with van der Waals surface area (Å²) in [7, 11) is 0. The van der Waals surface area contributed by atoms with Crippen LogP contribution in [0, 0.1) is 5.82 Å². The van der Waals surface area contributed by atoms with E-state index in [0.29, 0.717) is 22.3 Å². The van der Waals surface area contributed by atoms with Crippen LogP contribution in [0.25, 0.3) is 0 Å². The number of halogens is 5. The van der Waals surface area contributed by atoms with Crippen LogP contribution in [0.1, 0.15) is 5.56 Å². The minimum absolute atomic E-state index is 0.0304. The van der Waals surface area contributed by atoms with Crippen molar-refractivity contribution in [2.75, 3.05) is 5.32 Å². The van der Waals surface area contributed by atoms with Crippen LogP contribution in [0.15, 0.2) is 30.3 Å². The fourth-order valence-electron chi connectivity index (χ4n) is 1.52. The van der Waals surface area contributed by atoms with Crippen molar-refractivity contribution >= 4 is 52.1 Å². The van der Waals surface area contributed by atoms with Gasteiger partial charge in [-0.25, -0.2) is 4.39 Å². The Morgan fingerprint density at radius 3 is 2.11 bits per heavy atom. The summed E-state index contributed by atoms with van der Waals surface area (Å²) in [4.78, 5) is 0. The summed E-state index contributed by atoms with van der Waals surface area (Å²) in [6.07, 6.45) is 0. The molecule has 6 heteroatoms. The van der Waals surface area contributed by atoms with Crippen molar-refractivity contribution in [3.05, 3.63) is 61.8 Å². The zero-order chi connectivity index (χ0) is 14.0. The first-order valence-corrected chi connectivity index (χ1v) is 6.81. The molecule has 2 aromatic carbocycles. The van der Waals surface area contributed by atoms with Gasteiger partial charge >= 0.3 is 0 Å². The zero-order valence-electron chi connectivity index (χ0n) is 9.48. The smallest absolute Gasteiger partial charge is 0.160 e. The van der Waals surface area contributed by atoms with Gasteiger partial charge in [0.15, 0.2) is 5.82 Å². The molecule has 2 rings (SSSR count). The first kappa shape index (κ1) is 14.7. The van der Waals surface area contributed by atoms with Crippen molar-refractivity contribution in [3.63, 3.8) is 0 Å². The van der Waals surface area contributed by atoms with Crippen LogP contribution in [0.3, 0.4) is 0 Å². The maximum atomic E-state index is 13.3. The molecule has 0 fully saturated rings. The van der Waals surface area contributed by atoms with E-state index in [2.05, 4.69) is 5.32 Å². The van der Waals surface area contributed by atoms with E-state index in [0.717, 1.165) is 5.56 Å². The highest BCUT2D eigenvalue weighted by Gasteiger charge is 2.08. The summed E-state index contributed by atoms with van der Waals surface area (Å²) >= 11 is 23.3. The normalized spacial score (nSPS) is 10.6. The van der Waals surface area contributed by atoms with Crippen molar-refractivity contribution < 1.29 is 4.39 Å². The lowest BCUT2D eigenvalue weighted by molar-refractivity contribution is 0.629. The molecule has 0 bridgehead atoms. The Morgan fingerprint density at radius 1 is 0.895 bits per heavy atom. The summed E-state index contributed by atoms with van der Waals surface area (Å²) in [5, 5.41) is 4.13. The standard InChI is InChI=1S/C13H8Cl4FN/c14-8-2-1-7(10(15)3-8)6-19-9-4-11(16)13(18)12(17)5-9/h1-5,19H,6H2. The van der Waals surface area contributed by atoms with E-state index < -0.39 is 5.82 Å². The lowest BCUT2D eigenvalue weighted by atomic mass is 10.2. The molecule has 2 aromatic rings. The zero-order valence-corrected chi connectivity index (χ0v) is 12.5. The Bertz CT molecular complexity index is 593. The molecule has 19 heavy (non-hydrogen) atoms. The van der Waals surface area contributed by atoms with Crippen molar-refractivity contribution in [2.24, 2.45) is 0 Å². The highest BCUT2D eigenvalue weighted by molar-refractivity contribution is 6.35. The fourth-order valence-corrected chi connectivity index (χ4v) is 2.48. The van der Waals surface area contributed by atoms with Gasteiger partial charge in [0.1, 0.15) is 0 Å². The number of nitrogens with one attached hydrogen (secondary N) is 1. The third-order valence-corrected chi connectivity index (χ3v) is 3.62. The van der Waals surface area contributed by atoms with Gasteiger partial charge in [0.2, 0.25) is 0 Å². The second-order valence-corrected chi connectivity index (χ2v) is 5.50. The molecule has 0 heterocycles. The van der Waals surface area contributed by atoms with Gasteiger partial charge in [-0.2, -0.15) is 0 Å². The lowest BCUT2D eigenvalue weighted by Crippen LogP contribution is -2.00. The topological polar surface area (TPSA) is 12.0 Å². The van der Waals surface area contributed by atoms with Gasteiger partial charge in [-0.05, 0) is 29.8 Å². The summed E-state index contributed by atoms with van der Waals surface area (Å²) in [6.45, 7) is 0.453. The maximum Gasteiger partial charge on any atom is 0.160 e. The third kappa shape index (κ3) is 3.67. The van der Waals surface area contributed by atoms with Gasteiger partial charge in [0.25, 0.3) is 0 Å². The van der Waals surface area contributed by atoms with Crippen molar-refractivity contribution in [3.8, 4) is 0 Å². The number of hydrogen-bond donors (Lipinski definition) is 1. The predicted octanol–water partition coefficient (Wildman–Crippen LogP) is 6.05. The lowest BCUT2D eigenvalue weighted by Gasteiger charge is -2.10. The van der Waals surface area contributed by atoms with Gasteiger partial charge in [-0.3, -0.25) is 0 Å². The van der Waals surface area contributed by atoms with E-state index >= 15 is 0 Å². The fraction of sp³-hybridized carbons (Fsp3) is 0.0769. The Balaban J connectivity index is 2.14. The van der Waals surface area contributed by atoms with E-state index in [1.807, 2.05) is 6.07 Å². The molecule has 0 spiro atoms. The number of anilines is 1. The molecule has 0 saturated carbocycles. The first-order chi connectivity index (χ1) is 8.97. The number of hydrogen-bond acceptors (Lipinski definition) is 1. The second-order valence-electron chi connectivity index (χ2n) is 3.84. The first-order valence-electron chi connectivity index (χ1n) is 5.29. The molecule has 0 aliphatic carbocycles. The Hall–Kier alpha value is -0.670. The van der Waals surface area contributed by atoms with Gasteiger partial charge in [-0.1, -0.05) is 52.5 Å². The molecule has 0 unspecified atom stereocenters. The maximum absolute atomic E-state index is 13.3. The molecule has 0 saturated heterocycles. The highest BCUT2D eigenvalue weighted by atomic mass is 35.5. The Kier molecular flexibility index (Phi) is 4.80. The van der Waals surface area contributed by atoms with Crippen LogP contribution in [0.2, 0.25) is 20.1 Å². The van der Waals surface area contributed by atoms with Crippen LogP contribution in [0.5, 0.6) is 0 Å². The molecule has 0 radical (unpaired) electrons. The quantitative estimate of drug-likeness (QED) is 0.671. The molecule has 0 aliphatic rings. The summed E-state index contributed by atoms with van der Waals surface area (Å²) < 4.78 is 13.3. The summed E-state index contributed by atoms with van der Waals surface area (Å²) in [6, 6.07) is 8.14. The van der Waals surface area contributed by atoms with E-state index in [1.165, 1.54) is 12.1 Å². The minimum atomic E-state index is -0.626. The van der Waals surface area contributed by atoms with Gasteiger partial charge in [-0.15, -0.1) is 0 Å². The molecule has 0 amide bonds. The monoisotopic (exact) mass is 337 g/mol. The molecule has 100 valence electrons. The van der Waals surface area contributed by atoms with Crippen LogP contribution in [0.4, 0.5) is 10.1 Å². The third-order valence-electron chi connectivity index (χ3n) is 2.48. The Labute approximate surface area is 130 Å². The largest absolute Gasteiger partial charge is 0.381 e. The molecular weight excluding hydrogens is 331 g/mol. The minimum Gasteiger partial charge on any atom is -0.381 e.